The Morgan fingerprint density at radius 3 is 1.72 bits per heavy atom. The monoisotopic (exact) mass is 497 g/mol. The quantitative estimate of drug-likeness (QED) is 0.229. The van der Waals surface area contributed by atoms with Gasteiger partial charge in [0.1, 0.15) is 0 Å². The SMILES string of the molecule is c1ccc(-c2ccc(N(c3ccccc3)c3cccc4c(-c5ccc6ccccc6c5)cccc34)cc2)cc1. The van der Waals surface area contributed by atoms with Crippen molar-refractivity contribution >= 4 is 38.6 Å². The second-order valence-corrected chi connectivity index (χ2v) is 9.82. The molecule has 39 heavy (non-hydrogen) atoms. The lowest BCUT2D eigenvalue weighted by molar-refractivity contribution is 1.30. The van der Waals surface area contributed by atoms with Gasteiger partial charge in [-0.25, -0.2) is 0 Å². The van der Waals surface area contributed by atoms with Crippen LogP contribution >= 0.6 is 0 Å². The van der Waals surface area contributed by atoms with Crippen LogP contribution in [0.3, 0.4) is 0 Å². The van der Waals surface area contributed by atoms with E-state index in [2.05, 4.69) is 169 Å². The fraction of sp³-hybridized carbons (Fsp3) is 0. The molecule has 7 aromatic rings. The van der Waals surface area contributed by atoms with E-state index in [9.17, 15) is 0 Å². The maximum Gasteiger partial charge on any atom is 0.0540 e. The minimum Gasteiger partial charge on any atom is -0.310 e. The van der Waals surface area contributed by atoms with Crippen LogP contribution in [0, 0.1) is 0 Å². The maximum atomic E-state index is 2.36. The Morgan fingerprint density at radius 1 is 0.333 bits per heavy atom. The summed E-state index contributed by atoms with van der Waals surface area (Å²) >= 11 is 0. The molecular formula is C38H27N. The molecule has 1 heteroatoms. The van der Waals surface area contributed by atoms with Gasteiger partial charge in [-0.15, -0.1) is 0 Å². The number of hydrogen-bond donors (Lipinski definition) is 0. The second-order valence-electron chi connectivity index (χ2n) is 9.82. The Hall–Kier alpha value is -5.14. The van der Waals surface area contributed by atoms with Gasteiger partial charge < -0.3 is 4.90 Å². The number of nitrogens with zero attached hydrogens (tertiary/aromatic N) is 1. The third-order valence-corrected chi connectivity index (χ3v) is 7.45. The van der Waals surface area contributed by atoms with Gasteiger partial charge in [-0.3, -0.25) is 0 Å². The van der Waals surface area contributed by atoms with Crippen LogP contribution in [-0.2, 0) is 0 Å². The highest BCUT2D eigenvalue weighted by Gasteiger charge is 2.16. The van der Waals surface area contributed by atoms with Gasteiger partial charge >= 0.3 is 0 Å². The van der Waals surface area contributed by atoms with Crippen LogP contribution < -0.4 is 4.90 Å². The van der Waals surface area contributed by atoms with Crippen LogP contribution in [0.5, 0.6) is 0 Å². The van der Waals surface area contributed by atoms with E-state index in [4.69, 9.17) is 0 Å². The Balaban J connectivity index is 1.39. The van der Waals surface area contributed by atoms with Gasteiger partial charge in [-0.2, -0.15) is 0 Å². The van der Waals surface area contributed by atoms with E-state index in [1.807, 2.05) is 0 Å². The van der Waals surface area contributed by atoms with Crippen molar-refractivity contribution in [3.63, 3.8) is 0 Å². The van der Waals surface area contributed by atoms with E-state index in [0.29, 0.717) is 0 Å². The van der Waals surface area contributed by atoms with Crippen molar-refractivity contribution in [3.05, 3.63) is 164 Å². The molecule has 0 fully saturated rings. The smallest absolute Gasteiger partial charge is 0.0540 e. The summed E-state index contributed by atoms with van der Waals surface area (Å²) < 4.78 is 0. The van der Waals surface area contributed by atoms with Gasteiger partial charge in [0.15, 0.2) is 0 Å². The molecule has 0 aromatic heterocycles. The largest absolute Gasteiger partial charge is 0.310 e. The molecule has 0 aliphatic carbocycles. The number of para-hydroxylation sites is 1. The van der Waals surface area contributed by atoms with Gasteiger partial charge in [0.25, 0.3) is 0 Å². The highest BCUT2D eigenvalue weighted by molar-refractivity contribution is 6.06. The zero-order valence-electron chi connectivity index (χ0n) is 21.5. The summed E-state index contributed by atoms with van der Waals surface area (Å²) in [5, 5.41) is 4.98. The minimum absolute atomic E-state index is 1.13. The first-order valence-electron chi connectivity index (χ1n) is 13.4. The molecule has 0 spiro atoms. The van der Waals surface area contributed by atoms with Crippen LogP contribution in [0.1, 0.15) is 0 Å². The van der Waals surface area contributed by atoms with Crippen molar-refractivity contribution in [2.75, 3.05) is 4.90 Å². The molecule has 0 atom stereocenters. The first-order chi connectivity index (χ1) is 19.3. The summed E-state index contributed by atoms with van der Waals surface area (Å²) in [6, 6.07) is 58.7. The first-order valence-corrected chi connectivity index (χ1v) is 13.4. The lowest BCUT2D eigenvalue weighted by atomic mass is 9.95. The molecule has 0 unspecified atom stereocenters. The number of anilines is 3. The van der Waals surface area contributed by atoms with Crippen molar-refractivity contribution < 1.29 is 0 Å². The average Bonchev–Trinajstić information content (AvgIpc) is 3.02. The molecule has 0 saturated carbocycles. The second kappa shape index (κ2) is 9.96. The summed E-state index contributed by atoms with van der Waals surface area (Å²) in [4.78, 5) is 2.36. The van der Waals surface area contributed by atoms with Crippen molar-refractivity contribution in [1.82, 2.24) is 0 Å². The number of fused-ring (bicyclic) bond motifs is 2. The number of hydrogen-bond acceptors (Lipinski definition) is 1. The minimum atomic E-state index is 1.13. The lowest BCUT2D eigenvalue weighted by Crippen LogP contribution is -2.10. The van der Waals surface area contributed by atoms with E-state index >= 15 is 0 Å². The topological polar surface area (TPSA) is 3.24 Å². The predicted octanol–water partition coefficient (Wildman–Crippen LogP) is 10.8. The fourth-order valence-corrected chi connectivity index (χ4v) is 5.53. The van der Waals surface area contributed by atoms with Gasteiger partial charge in [-0.1, -0.05) is 127 Å². The van der Waals surface area contributed by atoms with E-state index in [1.54, 1.807) is 0 Å². The first kappa shape index (κ1) is 23.0. The summed E-state index contributed by atoms with van der Waals surface area (Å²) in [5.41, 5.74) is 8.33. The summed E-state index contributed by atoms with van der Waals surface area (Å²) in [6.07, 6.45) is 0. The third-order valence-electron chi connectivity index (χ3n) is 7.45. The Bertz CT molecular complexity index is 1890. The van der Waals surface area contributed by atoms with Crippen LogP contribution in [-0.4, -0.2) is 0 Å². The molecule has 0 saturated heterocycles. The van der Waals surface area contributed by atoms with E-state index < -0.39 is 0 Å². The van der Waals surface area contributed by atoms with Crippen LogP contribution in [0.25, 0.3) is 43.8 Å². The molecule has 0 heterocycles. The molecule has 0 bridgehead atoms. The molecular weight excluding hydrogens is 470 g/mol. The van der Waals surface area contributed by atoms with Crippen molar-refractivity contribution in [1.29, 1.82) is 0 Å². The molecule has 0 radical (unpaired) electrons. The standard InChI is InChI=1S/C38H27N/c1-3-11-28(12-4-1)30-23-25-34(26-24-30)39(33-15-5-2-6-16-33)38-20-10-18-36-35(17-9-19-37(36)38)32-22-21-29-13-7-8-14-31(29)27-32/h1-27H. The lowest BCUT2D eigenvalue weighted by Gasteiger charge is -2.27. The van der Waals surface area contributed by atoms with Gasteiger partial charge in [0.2, 0.25) is 0 Å². The Labute approximate surface area is 229 Å². The van der Waals surface area contributed by atoms with Crippen LogP contribution in [0.4, 0.5) is 17.1 Å². The molecule has 0 aliphatic rings. The molecule has 0 aliphatic heterocycles. The van der Waals surface area contributed by atoms with Gasteiger partial charge in [0.05, 0.1) is 5.69 Å². The molecule has 7 rings (SSSR count). The van der Waals surface area contributed by atoms with Gasteiger partial charge in [-0.05, 0) is 74.8 Å². The Morgan fingerprint density at radius 2 is 0.923 bits per heavy atom. The number of benzene rings is 7. The molecule has 0 N–H and O–H groups in total. The average molecular weight is 498 g/mol. The van der Waals surface area contributed by atoms with Crippen LogP contribution in [0.2, 0.25) is 0 Å². The summed E-state index contributed by atoms with van der Waals surface area (Å²) in [7, 11) is 0. The van der Waals surface area contributed by atoms with Crippen molar-refractivity contribution in [2.45, 2.75) is 0 Å². The third kappa shape index (κ3) is 4.35. The van der Waals surface area contributed by atoms with E-state index in [0.717, 1.165) is 17.1 Å². The Kier molecular flexibility index (Phi) is 5.88. The normalized spacial score (nSPS) is 11.1. The van der Waals surface area contributed by atoms with Crippen molar-refractivity contribution in [2.24, 2.45) is 0 Å². The van der Waals surface area contributed by atoms with E-state index in [1.165, 1.54) is 43.8 Å². The maximum absolute atomic E-state index is 2.36. The summed E-state index contributed by atoms with van der Waals surface area (Å²) in [5.74, 6) is 0. The highest BCUT2D eigenvalue weighted by Crippen LogP contribution is 2.41. The van der Waals surface area contributed by atoms with E-state index in [-0.39, 0.29) is 0 Å². The zero-order valence-corrected chi connectivity index (χ0v) is 21.5. The molecule has 0 amide bonds. The highest BCUT2D eigenvalue weighted by atomic mass is 15.1. The number of rotatable bonds is 5. The zero-order chi connectivity index (χ0) is 26.0. The van der Waals surface area contributed by atoms with Crippen LogP contribution in [0.15, 0.2) is 164 Å². The predicted molar refractivity (Wildman–Crippen MR) is 167 cm³/mol. The summed E-state index contributed by atoms with van der Waals surface area (Å²) in [6.45, 7) is 0. The van der Waals surface area contributed by atoms with Crippen molar-refractivity contribution in [3.8, 4) is 22.3 Å². The molecule has 1 nitrogen and oxygen atoms in total. The molecule has 7 aromatic carbocycles. The van der Waals surface area contributed by atoms with Gasteiger partial charge in [0, 0.05) is 16.8 Å². The molecule has 184 valence electrons. The fourth-order valence-electron chi connectivity index (χ4n) is 5.53.